The second kappa shape index (κ2) is 5.15. The van der Waals surface area contributed by atoms with E-state index in [1.165, 1.54) is 0 Å². The van der Waals surface area contributed by atoms with E-state index < -0.39 is 6.10 Å². The first-order valence-electron chi connectivity index (χ1n) is 5.91. The van der Waals surface area contributed by atoms with E-state index in [1.54, 1.807) is 17.1 Å². The fourth-order valence-electron chi connectivity index (χ4n) is 2.21. The van der Waals surface area contributed by atoms with E-state index in [1.807, 2.05) is 37.3 Å². The Bertz CT molecular complexity index is 413. The molecule has 0 aromatic heterocycles. The topological polar surface area (TPSA) is 40.5 Å². The maximum absolute atomic E-state index is 12.2. The lowest BCUT2D eigenvalue weighted by atomic mass is 10.0. The summed E-state index contributed by atoms with van der Waals surface area (Å²) in [4.78, 5) is 13.9. The molecule has 1 fully saturated rings. The summed E-state index contributed by atoms with van der Waals surface area (Å²) in [7, 11) is 0. The lowest BCUT2D eigenvalue weighted by molar-refractivity contribution is -0.122. The minimum absolute atomic E-state index is 0.0156. The summed E-state index contributed by atoms with van der Waals surface area (Å²) in [6.07, 6.45) is 3.50. The summed E-state index contributed by atoms with van der Waals surface area (Å²) in [6, 6.07) is 9.59. The number of anilines is 1. The molecule has 17 heavy (non-hydrogen) atoms. The summed E-state index contributed by atoms with van der Waals surface area (Å²) >= 11 is 0. The standard InChI is InChI=1S/C14H17NO2/c1-2-6-13(16)12-9-10-15(14(12)17)11-7-4-3-5-8-11/h2-8,12-13,16H,9-10H2,1H3/b6-2+/t12-,13+/m0/s1. The van der Waals surface area contributed by atoms with E-state index in [0.29, 0.717) is 13.0 Å². The first-order chi connectivity index (χ1) is 8.24. The molecular weight excluding hydrogens is 214 g/mol. The monoisotopic (exact) mass is 231 g/mol. The predicted octanol–water partition coefficient (Wildman–Crippen LogP) is 1.98. The van der Waals surface area contributed by atoms with Gasteiger partial charge in [-0.15, -0.1) is 0 Å². The number of para-hydroxylation sites is 1. The van der Waals surface area contributed by atoms with Gasteiger partial charge in [0.15, 0.2) is 0 Å². The van der Waals surface area contributed by atoms with Crippen LogP contribution in [0.15, 0.2) is 42.5 Å². The van der Waals surface area contributed by atoms with Gasteiger partial charge in [0, 0.05) is 12.2 Å². The highest BCUT2D eigenvalue weighted by Crippen LogP contribution is 2.27. The van der Waals surface area contributed by atoms with Crippen LogP contribution in [0, 0.1) is 5.92 Å². The van der Waals surface area contributed by atoms with E-state index in [2.05, 4.69) is 0 Å². The Balaban J connectivity index is 2.13. The van der Waals surface area contributed by atoms with Crippen molar-refractivity contribution in [3.63, 3.8) is 0 Å². The molecule has 0 aliphatic carbocycles. The van der Waals surface area contributed by atoms with Crippen LogP contribution in [-0.2, 0) is 4.79 Å². The zero-order valence-electron chi connectivity index (χ0n) is 9.91. The molecule has 1 heterocycles. The number of aliphatic hydroxyl groups is 1. The summed E-state index contributed by atoms with van der Waals surface area (Å²) in [5, 5.41) is 9.85. The second-order valence-electron chi connectivity index (χ2n) is 4.24. The van der Waals surface area contributed by atoms with Crippen LogP contribution in [0.25, 0.3) is 0 Å². The van der Waals surface area contributed by atoms with E-state index in [4.69, 9.17) is 0 Å². The lowest BCUT2D eigenvalue weighted by Gasteiger charge is -2.17. The minimum Gasteiger partial charge on any atom is -0.388 e. The van der Waals surface area contributed by atoms with Gasteiger partial charge in [-0.1, -0.05) is 30.4 Å². The smallest absolute Gasteiger partial charge is 0.233 e. The average Bonchev–Trinajstić information content (AvgIpc) is 2.72. The average molecular weight is 231 g/mol. The van der Waals surface area contributed by atoms with Crippen LogP contribution in [0.1, 0.15) is 13.3 Å². The number of amides is 1. The van der Waals surface area contributed by atoms with Crippen molar-refractivity contribution in [1.29, 1.82) is 0 Å². The number of hydrogen-bond acceptors (Lipinski definition) is 2. The maximum atomic E-state index is 12.2. The van der Waals surface area contributed by atoms with Gasteiger partial charge in [-0.2, -0.15) is 0 Å². The first-order valence-corrected chi connectivity index (χ1v) is 5.91. The number of carbonyl (C=O) groups is 1. The van der Waals surface area contributed by atoms with Crippen molar-refractivity contribution in [2.45, 2.75) is 19.4 Å². The molecule has 3 heteroatoms. The van der Waals surface area contributed by atoms with Crippen LogP contribution < -0.4 is 4.90 Å². The highest BCUT2D eigenvalue weighted by molar-refractivity contribution is 5.97. The summed E-state index contributed by atoms with van der Waals surface area (Å²) in [5.74, 6) is -0.284. The van der Waals surface area contributed by atoms with Gasteiger partial charge in [0.05, 0.1) is 12.0 Å². The van der Waals surface area contributed by atoms with Crippen LogP contribution in [0.4, 0.5) is 5.69 Å². The Labute approximate surface area is 101 Å². The van der Waals surface area contributed by atoms with Crippen LogP contribution in [0.5, 0.6) is 0 Å². The molecule has 1 saturated heterocycles. The zero-order chi connectivity index (χ0) is 12.3. The third kappa shape index (κ3) is 2.39. The molecule has 1 aliphatic heterocycles. The Kier molecular flexibility index (Phi) is 3.59. The number of aliphatic hydroxyl groups excluding tert-OH is 1. The van der Waals surface area contributed by atoms with Gasteiger partial charge >= 0.3 is 0 Å². The number of nitrogens with zero attached hydrogens (tertiary/aromatic N) is 1. The Morgan fingerprint density at radius 3 is 2.76 bits per heavy atom. The SMILES string of the molecule is C/C=C/[C@@H](O)[C@@H]1CCN(c2ccccc2)C1=O. The van der Waals surface area contributed by atoms with Crippen LogP contribution in [0.3, 0.4) is 0 Å². The number of benzene rings is 1. The van der Waals surface area contributed by atoms with Crippen LogP contribution in [0.2, 0.25) is 0 Å². The fourth-order valence-corrected chi connectivity index (χ4v) is 2.21. The third-order valence-electron chi connectivity index (χ3n) is 3.12. The van der Waals surface area contributed by atoms with Gasteiger partial charge in [-0.05, 0) is 25.5 Å². The number of allylic oxidation sites excluding steroid dienone is 1. The lowest BCUT2D eigenvalue weighted by Crippen LogP contribution is -2.31. The molecule has 1 aliphatic rings. The van der Waals surface area contributed by atoms with Crippen molar-refractivity contribution in [3.8, 4) is 0 Å². The molecule has 3 nitrogen and oxygen atoms in total. The molecule has 2 rings (SSSR count). The van der Waals surface area contributed by atoms with E-state index in [-0.39, 0.29) is 11.8 Å². The minimum atomic E-state index is -0.666. The van der Waals surface area contributed by atoms with Crippen molar-refractivity contribution >= 4 is 11.6 Å². The van der Waals surface area contributed by atoms with Crippen molar-refractivity contribution in [2.24, 2.45) is 5.92 Å². The summed E-state index contributed by atoms with van der Waals surface area (Å²) in [6.45, 7) is 2.53. The van der Waals surface area contributed by atoms with Crippen molar-refractivity contribution in [2.75, 3.05) is 11.4 Å². The van der Waals surface area contributed by atoms with E-state index in [9.17, 15) is 9.90 Å². The van der Waals surface area contributed by atoms with Crippen molar-refractivity contribution < 1.29 is 9.90 Å². The Morgan fingerprint density at radius 1 is 1.41 bits per heavy atom. The number of carbonyl (C=O) groups excluding carboxylic acids is 1. The molecule has 0 saturated carbocycles. The summed E-state index contributed by atoms with van der Waals surface area (Å²) in [5.41, 5.74) is 0.910. The zero-order valence-corrected chi connectivity index (χ0v) is 9.91. The summed E-state index contributed by atoms with van der Waals surface area (Å²) < 4.78 is 0. The van der Waals surface area contributed by atoms with Gasteiger partial charge in [-0.25, -0.2) is 0 Å². The first kappa shape index (κ1) is 11.9. The highest BCUT2D eigenvalue weighted by Gasteiger charge is 2.36. The molecule has 90 valence electrons. The third-order valence-corrected chi connectivity index (χ3v) is 3.12. The van der Waals surface area contributed by atoms with Crippen molar-refractivity contribution in [3.05, 3.63) is 42.5 Å². The van der Waals surface area contributed by atoms with Gasteiger partial charge in [-0.3, -0.25) is 4.79 Å². The molecule has 2 atom stereocenters. The quantitative estimate of drug-likeness (QED) is 0.808. The number of hydrogen-bond donors (Lipinski definition) is 1. The molecule has 1 N–H and O–H groups in total. The van der Waals surface area contributed by atoms with Gasteiger partial charge < -0.3 is 10.0 Å². The molecule has 0 radical (unpaired) electrons. The second-order valence-corrected chi connectivity index (χ2v) is 4.24. The van der Waals surface area contributed by atoms with Crippen LogP contribution >= 0.6 is 0 Å². The fraction of sp³-hybridized carbons (Fsp3) is 0.357. The van der Waals surface area contributed by atoms with E-state index in [0.717, 1.165) is 5.69 Å². The largest absolute Gasteiger partial charge is 0.388 e. The maximum Gasteiger partial charge on any atom is 0.233 e. The molecule has 1 amide bonds. The Hall–Kier alpha value is -1.61. The molecule has 0 bridgehead atoms. The molecule has 1 aromatic rings. The molecule has 0 spiro atoms. The highest BCUT2D eigenvalue weighted by atomic mass is 16.3. The molecule has 0 unspecified atom stereocenters. The predicted molar refractivity (Wildman–Crippen MR) is 67.7 cm³/mol. The van der Waals surface area contributed by atoms with Gasteiger partial charge in [0.25, 0.3) is 0 Å². The Morgan fingerprint density at radius 2 is 2.12 bits per heavy atom. The van der Waals surface area contributed by atoms with Gasteiger partial charge in [0.1, 0.15) is 0 Å². The normalized spacial score (nSPS) is 22.4. The van der Waals surface area contributed by atoms with Crippen molar-refractivity contribution in [1.82, 2.24) is 0 Å². The van der Waals surface area contributed by atoms with E-state index >= 15 is 0 Å². The number of rotatable bonds is 3. The van der Waals surface area contributed by atoms with Crippen LogP contribution in [-0.4, -0.2) is 23.7 Å². The molecular formula is C14H17NO2. The molecule has 1 aromatic carbocycles. The van der Waals surface area contributed by atoms with Gasteiger partial charge in [0.2, 0.25) is 5.91 Å².